The number of para-hydroxylation sites is 1. The molecule has 0 unspecified atom stereocenters. The van der Waals surface area contributed by atoms with Gasteiger partial charge < -0.3 is 19.3 Å². The topological polar surface area (TPSA) is 71.8 Å². The number of carbonyl (C=O) groups excluding carboxylic acids is 1. The maximum absolute atomic E-state index is 13.0. The average Bonchev–Trinajstić information content (AvgIpc) is 3.28. The van der Waals surface area contributed by atoms with Crippen LogP contribution >= 0.6 is 0 Å². The van der Waals surface area contributed by atoms with Crippen molar-refractivity contribution in [3.8, 4) is 5.75 Å². The summed E-state index contributed by atoms with van der Waals surface area (Å²) in [5.41, 5.74) is 1.29. The van der Waals surface area contributed by atoms with E-state index < -0.39 is 11.9 Å². The smallest absolute Gasteiger partial charge is 0.308 e. The molecule has 1 amide bonds. The van der Waals surface area contributed by atoms with Crippen LogP contribution in [0, 0.1) is 5.92 Å². The SMILES string of the molecule is COc1ccccc1[C@H]1CN(C(=O)c2ccn(C(C)(C)C)c2)C[C@@H]1C(=O)O. The molecule has 0 radical (unpaired) electrons. The van der Waals surface area contributed by atoms with Crippen molar-refractivity contribution in [1.82, 2.24) is 9.47 Å². The Morgan fingerprint density at radius 3 is 2.44 bits per heavy atom. The standard InChI is InChI=1S/C21H26N2O4/c1-21(2,3)23-10-9-14(11-23)19(24)22-12-16(17(13-22)20(25)26)15-7-5-6-8-18(15)27-4/h5-11,16-17H,12-13H2,1-4H3,(H,25,26)/t16-,17+/m1/s1. The molecule has 2 atom stereocenters. The third-order valence-corrected chi connectivity index (χ3v) is 5.18. The summed E-state index contributed by atoms with van der Waals surface area (Å²) >= 11 is 0. The Morgan fingerprint density at radius 2 is 1.85 bits per heavy atom. The van der Waals surface area contributed by atoms with E-state index in [-0.39, 0.29) is 23.9 Å². The zero-order chi connectivity index (χ0) is 19.8. The Labute approximate surface area is 159 Å². The van der Waals surface area contributed by atoms with E-state index in [4.69, 9.17) is 4.74 Å². The Bertz CT molecular complexity index is 850. The van der Waals surface area contributed by atoms with Crippen LogP contribution in [0.15, 0.2) is 42.7 Å². The lowest BCUT2D eigenvalue weighted by molar-refractivity contribution is -0.141. The van der Waals surface area contributed by atoms with Crippen molar-refractivity contribution in [2.75, 3.05) is 20.2 Å². The first-order valence-corrected chi connectivity index (χ1v) is 9.06. The van der Waals surface area contributed by atoms with Crippen molar-refractivity contribution < 1.29 is 19.4 Å². The number of methoxy groups -OCH3 is 1. The lowest BCUT2D eigenvalue weighted by atomic mass is 9.88. The van der Waals surface area contributed by atoms with E-state index in [9.17, 15) is 14.7 Å². The summed E-state index contributed by atoms with van der Waals surface area (Å²) < 4.78 is 7.40. The highest BCUT2D eigenvalue weighted by atomic mass is 16.5. The monoisotopic (exact) mass is 370 g/mol. The van der Waals surface area contributed by atoms with Gasteiger partial charge in [-0.05, 0) is 38.5 Å². The molecule has 27 heavy (non-hydrogen) atoms. The van der Waals surface area contributed by atoms with Gasteiger partial charge in [0, 0.05) is 36.9 Å². The molecule has 1 saturated heterocycles. The maximum Gasteiger partial charge on any atom is 0.308 e. The normalized spacial score (nSPS) is 19.9. The summed E-state index contributed by atoms with van der Waals surface area (Å²) in [7, 11) is 1.57. The minimum Gasteiger partial charge on any atom is -0.496 e. The summed E-state index contributed by atoms with van der Waals surface area (Å²) in [5, 5.41) is 9.71. The molecule has 2 heterocycles. The third-order valence-electron chi connectivity index (χ3n) is 5.18. The van der Waals surface area contributed by atoms with E-state index >= 15 is 0 Å². The molecule has 1 aliphatic heterocycles. The van der Waals surface area contributed by atoms with Crippen LogP contribution in [-0.4, -0.2) is 46.6 Å². The highest BCUT2D eigenvalue weighted by molar-refractivity contribution is 5.95. The highest BCUT2D eigenvalue weighted by Gasteiger charge is 2.42. The van der Waals surface area contributed by atoms with Crippen LogP contribution in [0.5, 0.6) is 5.75 Å². The minimum atomic E-state index is -0.895. The van der Waals surface area contributed by atoms with Crippen LogP contribution in [0.25, 0.3) is 0 Å². The summed E-state index contributed by atoms with van der Waals surface area (Å²) in [6.45, 7) is 6.74. The predicted molar refractivity (Wildman–Crippen MR) is 102 cm³/mol. The molecular weight excluding hydrogens is 344 g/mol. The second-order valence-electron chi connectivity index (χ2n) is 7.98. The van der Waals surface area contributed by atoms with Gasteiger partial charge in [-0.25, -0.2) is 0 Å². The van der Waals surface area contributed by atoms with Gasteiger partial charge in [0.15, 0.2) is 0 Å². The molecule has 2 aromatic rings. The first-order valence-electron chi connectivity index (χ1n) is 9.06. The van der Waals surface area contributed by atoms with Crippen molar-refractivity contribution >= 4 is 11.9 Å². The molecule has 1 aromatic heterocycles. The molecule has 0 aliphatic carbocycles. The minimum absolute atomic E-state index is 0.118. The number of aromatic nitrogens is 1. The molecule has 0 saturated carbocycles. The molecule has 1 N–H and O–H groups in total. The number of benzene rings is 1. The van der Waals surface area contributed by atoms with Crippen LogP contribution in [0.2, 0.25) is 0 Å². The average molecular weight is 370 g/mol. The highest BCUT2D eigenvalue weighted by Crippen LogP contribution is 2.38. The van der Waals surface area contributed by atoms with Crippen molar-refractivity contribution in [3.05, 3.63) is 53.9 Å². The second kappa shape index (κ2) is 7.10. The van der Waals surface area contributed by atoms with Gasteiger partial charge in [-0.15, -0.1) is 0 Å². The van der Waals surface area contributed by atoms with Crippen molar-refractivity contribution in [1.29, 1.82) is 0 Å². The Morgan fingerprint density at radius 1 is 1.15 bits per heavy atom. The van der Waals surface area contributed by atoms with Gasteiger partial charge in [0.1, 0.15) is 5.75 Å². The van der Waals surface area contributed by atoms with E-state index in [1.54, 1.807) is 18.1 Å². The largest absolute Gasteiger partial charge is 0.496 e. The number of hydrogen-bond donors (Lipinski definition) is 1. The lowest BCUT2D eigenvalue weighted by Crippen LogP contribution is -2.30. The number of carboxylic acid groups (broad SMARTS) is 1. The molecular formula is C21H26N2O4. The van der Waals surface area contributed by atoms with Crippen molar-refractivity contribution in [3.63, 3.8) is 0 Å². The van der Waals surface area contributed by atoms with Gasteiger partial charge in [-0.3, -0.25) is 9.59 Å². The molecule has 0 spiro atoms. The van der Waals surface area contributed by atoms with Crippen LogP contribution in [0.1, 0.15) is 42.6 Å². The first kappa shape index (κ1) is 19.0. The van der Waals surface area contributed by atoms with E-state index in [1.807, 2.05) is 41.2 Å². The molecule has 6 heteroatoms. The van der Waals surface area contributed by atoms with Crippen molar-refractivity contribution in [2.45, 2.75) is 32.2 Å². The predicted octanol–water partition coefficient (Wildman–Crippen LogP) is 3.19. The molecule has 1 fully saturated rings. The zero-order valence-electron chi connectivity index (χ0n) is 16.2. The van der Waals surface area contributed by atoms with Gasteiger partial charge >= 0.3 is 5.97 Å². The molecule has 1 aliphatic rings. The van der Waals surface area contributed by atoms with Gasteiger partial charge in [0.2, 0.25) is 0 Å². The summed E-state index contributed by atoms with van der Waals surface area (Å²) in [4.78, 5) is 26.5. The van der Waals surface area contributed by atoms with E-state index in [2.05, 4.69) is 20.8 Å². The summed E-state index contributed by atoms with van der Waals surface area (Å²) in [6, 6.07) is 9.21. The molecule has 3 rings (SSSR count). The number of carboxylic acids is 1. The van der Waals surface area contributed by atoms with Crippen LogP contribution < -0.4 is 4.74 Å². The number of carbonyl (C=O) groups is 2. The lowest BCUT2D eigenvalue weighted by Gasteiger charge is -2.21. The van der Waals surface area contributed by atoms with Gasteiger partial charge in [0.05, 0.1) is 18.6 Å². The molecule has 6 nitrogen and oxygen atoms in total. The number of hydrogen-bond acceptors (Lipinski definition) is 3. The Kier molecular flexibility index (Phi) is 5.00. The molecule has 144 valence electrons. The second-order valence-corrected chi connectivity index (χ2v) is 7.98. The quantitative estimate of drug-likeness (QED) is 0.897. The van der Waals surface area contributed by atoms with Gasteiger partial charge in [-0.1, -0.05) is 18.2 Å². The Balaban J connectivity index is 1.87. The van der Waals surface area contributed by atoms with E-state index in [0.29, 0.717) is 17.9 Å². The number of amides is 1. The number of rotatable bonds is 4. The zero-order valence-corrected chi connectivity index (χ0v) is 16.2. The van der Waals surface area contributed by atoms with Crippen LogP contribution in [0.4, 0.5) is 0 Å². The number of nitrogens with zero attached hydrogens (tertiary/aromatic N) is 2. The number of likely N-dealkylation sites (tertiary alicyclic amines) is 1. The van der Waals surface area contributed by atoms with Crippen molar-refractivity contribution in [2.24, 2.45) is 5.92 Å². The fourth-order valence-electron chi connectivity index (χ4n) is 3.63. The summed E-state index contributed by atoms with van der Waals surface area (Å²) in [5.74, 6) is -1.33. The molecule has 0 bridgehead atoms. The van der Waals surface area contributed by atoms with Crippen LogP contribution in [0.3, 0.4) is 0 Å². The fraction of sp³-hybridized carbons (Fsp3) is 0.429. The third kappa shape index (κ3) is 3.70. The van der Waals surface area contributed by atoms with Gasteiger partial charge in [-0.2, -0.15) is 0 Å². The first-order chi connectivity index (χ1) is 12.7. The maximum atomic E-state index is 13.0. The fourth-order valence-corrected chi connectivity index (χ4v) is 3.63. The number of ether oxygens (including phenoxy) is 1. The van der Waals surface area contributed by atoms with Crippen LogP contribution in [-0.2, 0) is 10.3 Å². The number of aliphatic carboxylic acids is 1. The Hall–Kier alpha value is -2.76. The summed E-state index contributed by atoms with van der Waals surface area (Å²) in [6.07, 6.45) is 3.71. The van der Waals surface area contributed by atoms with E-state index in [0.717, 1.165) is 5.56 Å². The molecule has 1 aromatic carbocycles. The van der Waals surface area contributed by atoms with Gasteiger partial charge in [0.25, 0.3) is 5.91 Å². The van der Waals surface area contributed by atoms with E-state index in [1.165, 1.54) is 0 Å².